The minimum atomic E-state index is 0.0775. The Hall–Kier alpha value is -0.290. The van der Waals surface area contributed by atoms with Gasteiger partial charge in [0.1, 0.15) is 0 Å². The van der Waals surface area contributed by atoms with Crippen molar-refractivity contribution in [1.82, 2.24) is 0 Å². The first-order valence-electron chi connectivity index (χ1n) is 6.90. The zero-order chi connectivity index (χ0) is 13.7. The van der Waals surface area contributed by atoms with Crippen molar-refractivity contribution in [1.29, 1.82) is 0 Å². The molecule has 0 bridgehead atoms. The maximum absolute atomic E-state index is 11.9. The minimum absolute atomic E-state index is 0.0775. The lowest BCUT2D eigenvalue weighted by Gasteiger charge is -2.21. The molecule has 0 aliphatic heterocycles. The topological polar surface area (TPSA) is 29.1 Å². The molecule has 0 radical (unpaired) electrons. The largest absolute Gasteiger partial charge is 0.325 e. The van der Waals surface area contributed by atoms with E-state index >= 15 is 0 Å². The first kappa shape index (κ1) is 15.1. The van der Waals surface area contributed by atoms with Gasteiger partial charge in [-0.05, 0) is 53.1 Å². The van der Waals surface area contributed by atoms with Crippen LogP contribution in [0.3, 0.4) is 0 Å². The Morgan fingerprint density at radius 1 is 1.32 bits per heavy atom. The van der Waals surface area contributed by atoms with E-state index in [0.717, 1.165) is 21.6 Å². The molecule has 2 rings (SSSR count). The molecule has 0 heterocycles. The average Bonchev–Trinajstić information content (AvgIpc) is 2.41. The van der Waals surface area contributed by atoms with Crippen LogP contribution < -0.4 is 5.32 Å². The Morgan fingerprint density at radius 3 is 2.74 bits per heavy atom. The number of carbonyl (C=O) groups is 1. The van der Waals surface area contributed by atoms with E-state index in [1.54, 1.807) is 0 Å². The molecule has 1 aromatic carbocycles. The highest BCUT2D eigenvalue weighted by Gasteiger charge is 2.15. The highest BCUT2D eigenvalue weighted by atomic mass is 127. The number of hydrogen-bond donors (Lipinski definition) is 1. The molecule has 1 aliphatic rings. The van der Waals surface area contributed by atoms with Gasteiger partial charge in [-0.25, -0.2) is 0 Å². The summed E-state index contributed by atoms with van der Waals surface area (Å²) in [5.74, 6) is 0.820. The number of amides is 1. The number of carbonyl (C=O) groups excluding carboxylic acids is 1. The summed E-state index contributed by atoms with van der Waals surface area (Å²) in [6, 6.07) is 5.67. The number of anilines is 1. The van der Waals surface area contributed by atoms with Crippen LogP contribution in [0.5, 0.6) is 0 Å². The van der Waals surface area contributed by atoms with Crippen molar-refractivity contribution in [2.45, 2.75) is 44.9 Å². The molecule has 0 unspecified atom stereocenters. The molecule has 0 spiro atoms. The van der Waals surface area contributed by atoms with E-state index in [1.807, 2.05) is 18.2 Å². The molecule has 1 amide bonds. The van der Waals surface area contributed by atoms with E-state index in [2.05, 4.69) is 27.9 Å². The predicted molar refractivity (Wildman–Crippen MR) is 88.6 cm³/mol. The van der Waals surface area contributed by atoms with Gasteiger partial charge >= 0.3 is 0 Å². The fourth-order valence-electron chi connectivity index (χ4n) is 2.61. The maximum atomic E-state index is 11.9. The van der Waals surface area contributed by atoms with Crippen LogP contribution >= 0.6 is 34.2 Å². The molecule has 19 heavy (non-hydrogen) atoms. The second-order valence-electron chi connectivity index (χ2n) is 5.22. The number of halogens is 2. The van der Waals surface area contributed by atoms with Crippen molar-refractivity contribution in [3.8, 4) is 0 Å². The summed E-state index contributed by atoms with van der Waals surface area (Å²) in [4.78, 5) is 11.9. The minimum Gasteiger partial charge on any atom is -0.325 e. The van der Waals surface area contributed by atoms with Crippen LogP contribution in [0.2, 0.25) is 5.02 Å². The van der Waals surface area contributed by atoms with E-state index in [9.17, 15) is 4.79 Å². The molecule has 0 saturated heterocycles. The smallest absolute Gasteiger partial charge is 0.224 e. The Bertz CT molecular complexity index is 444. The van der Waals surface area contributed by atoms with Crippen LogP contribution in [0.25, 0.3) is 0 Å². The van der Waals surface area contributed by atoms with Crippen molar-refractivity contribution >= 4 is 45.8 Å². The van der Waals surface area contributed by atoms with E-state index in [1.165, 1.54) is 32.1 Å². The second-order valence-corrected chi connectivity index (χ2v) is 6.87. The number of rotatable bonds is 4. The van der Waals surface area contributed by atoms with Gasteiger partial charge in [0, 0.05) is 9.99 Å². The number of hydrogen-bond acceptors (Lipinski definition) is 1. The molecular weight excluding hydrogens is 373 g/mol. The van der Waals surface area contributed by atoms with E-state index in [4.69, 9.17) is 11.6 Å². The van der Waals surface area contributed by atoms with Crippen molar-refractivity contribution in [2.75, 3.05) is 5.32 Å². The molecule has 4 heteroatoms. The summed E-state index contributed by atoms with van der Waals surface area (Å²) < 4.78 is 1.07. The molecule has 104 valence electrons. The fourth-order valence-corrected chi connectivity index (χ4v) is 3.52. The molecular formula is C15H19ClINO. The van der Waals surface area contributed by atoms with Crippen molar-refractivity contribution in [3.63, 3.8) is 0 Å². The lowest BCUT2D eigenvalue weighted by Crippen LogP contribution is -2.15. The van der Waals surface area contributed by atoms with Crippen LogP contribution in [-0.4, -0.2) is 5.91 Å². The molecule has 0 atom stereocenters. The zero-order valence-electron chi connectivity index (χ0n) is 10.9. The van der Waals surface area contributed by atoms with Gasteiger partial charge in [-0.3, -0.25) is 4.79 Å². The third-order valence-electron chi connectivity index (χ3n) is 3.71. The van der Waals surface area contributed by atoms with Crippen LogP contribution in [0, 0.1) is 9.49 Å². The van der Waals surface area contributed by atoms with Crippen LogP contribution in [-0.2, 0) is 4.79 Å². The second kappa shape index (κ2) is 7.48. The lowest BCUT2D eigenvalue weighted by molar-refractivity contribution is -0.116. The summed E-state index contributed by atoms with van der Waals surface area (Å²) in [7, 11) is 0. The first-order valence-corrected chi connectivity index (χ1v) is 8.36. The lowest BCUT2D eigenvalue weighted by atomic mass is 9.86. The molecule has 1 aliphatic carbocycles. The number of nitrogens with one attached hydrogen (secondary N) is 1. The van der Waals surface area contributed by atoms with Crippen molar-refractivity contribution in [2.24, 2.45) is 5.92 Å². The maximum Gasteiger partial charge on any atom is 0.224 e. The molecule has 0 aromatic heterocycles. The summed E-state index contributed by atoms with van der Waals surface area (Å²) in [5.41, 5.74) is 0.718. The highest BCUT2D eigenvalue weighted by Crippen LogP contribution is 2.28. The Balaban J connectivity index is 1.80. The summed E-state index contributed by atoms with van der Waals surface area (Å²) >= 11 is 8.31. The third-order valence-corrected chi connectivity index (χ3v) is 4.69. The summed E-state index contributed by atoms with van der Waals surface area (Å²) in [5, 5.41) is 3.51. The van der Waals surface area contributed by atoms with E-state index < -0.39 is 0 Å². The van der Waals surface area contributed by atoms with Crippen LogP contribution in [0.1, 0.15) is 44.9 Å². The molecule has 1 aromatic rings. The molecule has 2 nitrogen and oxygen atoms in total. The van der Waals surface area contributed by atoms with Crippen molar-refractivity contribution in [3.05, 3.63) is 26.8 Å². The highest BCUT2D eigenvalue weighted by molar-refractivity contribution is 14.1. The van der Waals surface area contributed by atoms with Gasteiger partial charge in [0.2, 0.25) is 5.91 Å². The summed E-state index contributed by atoms with van der Waals surface area (Å²) in [6.45, 7) is 0. The van der Waals surface area contributed by atoms with Gasteiger partial charge in [0.25, 0.3) is 0 Å². The molecule has 1 N–H and O–H groups in total. The quantitative estimate of drug-likeness (QED) is 0.698. The van der Waals surface area contributed by atoms with Gasteiger partial charge < -0.3 is 5.32 Å². The van der Waals surface area contributed by atoms with Crippen molar-refractivity contribution < 1.29 is 4.79 Å². The Morgan fingerprint density at radius 2 is 2.05 bits per heavy atom. The van der Waals surface area contributed by atoms with Gasteiger partial charge in [-0.2, -0.15) is 0 Å². The number of benzene rings is 1. The average molecular weight is 392 g/mol. The van der Waals surface area contributed by atoms with Crippen LogP contribution in [0.4, 0.5) is 5.69 Å². The van der Waals surface area contributed by atoms with E-state index in [-0.39, 0.29) is 5.91 Å². The Labute approximate surface area is 133 Å². The Kier molecular flexibility index (Phi) is 5.95. The van der Waals surface area contributed by atoms with E-state index in [0.29, 0.717) is 11.4 Å². The monoisotopic (exact) mass is 391 g/mol. The van der Waals surface area contributed by atoms with Gasteiger partial charge in [-0.15, -0.1) is 0 Å². The predicted octanol–water partition coefficient (Wildman–Crippen LogP) is 5.24. The normalized spacial score (nSPS) is 16.3. The molecule has 1 fully saturated rings. The van der Waals surface area contributed by atoms with Gasteiger partial charge in [-0.1, -0.05) is 43.7 Å². The zero-order valence-corrected chi connectivity index (χ0v) is 13.8. The summed E-state index contributed by atoms with van der Waals surface area (Å²) in [6.07, 6.45) is 8.21. The van der Waals surface area contributed by atoms with Crippen LogP contribution in [0.15, 0.2) is 18.2 Å². The van der Waals surface area contributed by atoms with Gasteiger partial charge in [0.05, 0.1) is 10.7 Å². The SMILES string of the molecule is O=C(CCC1CCCCC1)Nc1ccc(I)cc1Cl. The standard InChI is InChI=1S/C15H19ClINO/c16-13-10-12(17)7-8-14(13)18-15(19)9-6-11-4-2-1-3-5-11/h7-8,10-11H,1-6,9H2,(H,18,19). The van der Waals surface area contributed by atoms with Gasteiger partial charge in [0.15, 0.2) is 0 Å². The fraction of sp³-hybridized carbons (Fsp3) is 0.533. The molecule has 1 saturated carbocycles. The third kappa shape index (κ3) is 4.95. The first-order chi connectivity index (χ1) is 9.15.